The van der Waals surface area contributed by atoms with Crippen LogP contribution in [0, 0.1) is 0 Å². The zero-order chi connectivity index (χ0) is 17.4. The van der Waals surface area contributed by atoms with Gasteiger partial charge in [0.15, 0.2) is 11.2 Å². The summed E-state index contributed by atoms with van der Waals surface area (Å²) in [6.45, 7) is 8.65. The lowest BCUT2D eigenvalue weighted by Gasteiger charge is -2.23. The van der Waals surface area contributed by atoms with Crippen LogP contribution < -0.4 is 16.3 Å². The van der Waals surface area contributed by atoms with E-state index in [1.54, 1.807) is 24.2 Å². The minimum atomic E-state index is -0.381. The minimum Gasteiger partial charge on any atom is -0.297 e. The summed E-state index contributed by atoms with van der Waals surface area (Å²) in [5, 5.41) is 6.14. The lowest BCUT2D eigenvalue weighted by Crippen LogP contribution is -2.39. The van der Waals surface area contributed by atoms with E-state index in [9.17, 15) is 9.59 Å². The van der Waals surface area contributed by atoms with E-state index in [-0.39, 0.29) is 17.8 Å². The molecule has 0 saturated heterocycles. The van der Waals surface area contributed by atoms with E-state index in [1.807, 2.05) is 24.5 Å². The van der Waals surface area contributed by atoms with Gasteiger partial charge in [0.05, 0.1) is 18.8 Å². The van der Waals surface area contributed by atoms with Crippen molar-refractivity contribution < 1.29 is 0 Å². The molecule has 0 aromatic carbocycles. The van der Waals surface area contributed by atoms with Crippen LogP contribution in [0.4, 0.5) is 5.95 Å². The van der Waals surface area contributed by atoms with Gasteiger partial charge in [-0.3, -0.25) is 18.5 Å². The quantitative estimate of drug-likeness (QED) is 0.780. The van der Waals surface area contributed by atoms with Crippen LogP contribution in [0.15, 0.2) is 39.5 Å². The highest BCUT2D eigenvalue weighted by Gasteiger charge is 2.25. The Balaban J connectivity index is 2.35. The van der Waals surface area contributed by atoms with Gasteiger partial charge in [0.25, 0.3) is 5.56 Å². The first kappa shape index (κ1) is 16.0. The summed E-state index contributed by atoms with van der Waals surface area (Å²) in [5.74, 6) is 0.548. The Morgan fingerprint density at radius 3 is 2.71 bits per heavy atom. The maximum Gasteiger partial charge on any atom is 0.332 e. The van der Waals surface area contributed by atoms with Crippen molar-refractivity contribution in [2.45, 2.75) is 26.9 Å². The Morgan fingerprint density at radius 2 is 2.04 bits per heavy atom. The predicted octanol–water partition coefficient (Wildman–Crippen LogP) is 0.855. The molecule has 0 N–H and O–H groups in total. The van der Waals surface area contributed by atoms with Crippen molar-refractivity contribution in [2.24, 2.45) is 12.1 Å². The van der Waals surface area contributed by atoms with E-state index in [4.69, 9.17) is 0 Å². The normalized spacial score (nSPS) is 14.3. The van der Waals surface area contributed by atoms with Gasteiger partial charge in [-0.2, -0.15) is 10.1 Å². The van der Waals surface area contributed by atoms with Gasteiger partial charge in [-0.05, 0) is 13.8 Å². The maximum absolute atomic E-state index is 12.9. The number of hydrazone groups is 1. The topological polar surface area (TPSA) is 77.4 Å². The fraction of sp³-hybridized carbons (Fsp3) is 0.375. The van der Waals surface area contributed by atoms with Gasteiger partial charge in [-0.1, -0.05) is 18.2 Å². The molecule has 1 aliphatic rings. The molecular formula is C16H20N6O2. The largest absolute Gasteiger partial charge is 0.332 e. The van der Waals surface area contributed by atoms with Crippen molar-refractivity contribution in [3.05, 3.63) is 45.6 Å². The van der Waals surface area contributed by atoms with Gasteiger partial charge in [-0.25, -0.2) is 9.80 Å². The molecule has 0 unspecified atom stereocenters. The number of fused-ring (bicyclic) bond motifs is 3. The molecule has 0 atom stereocenters. The van der Waals surface area contributed by atoms with Gasteiger partial charge in [0.2, 0.25) is 5.95 Å². The molecule has 1 aliphatic heterocycles. The van der Waals surface area contributed by atoms with E-state index >= 15 is 0 Å². The summed E-state index contributed by atoms with van der Waals surface area (Å²) in [6, 6.07) is 0. The highest BCUT2D eigenvalue weighted by Crippen LogP contribution is 2.23. The molecule has 8 heteroatoms. The highest BCUT2D eigenvalue weighted by molar-refractivity contribution is 5.87. The second kappa shape index (κ2) is 5.95. The predicted molar refractivity (Wildman–Crippen MR) is 94.7 cm³/mol. The molecular weight excluding hydrogens is 308 g/mol. The molecule has 0 aliphatic carbocycles. The van der Waals surface area contributed by atoms with Crippen molar-refractivity contribution in [1.82, 2.24) is 18.7 Å². The fourth-order valence-corrected chi connectivity index (χ4v) is 2.83. The number of hydrogen-bond acceptors (Lipinski definition) is 5. The number of hydrogen-bond donors (Lipinski definition) is 0. The first-order chi connectivity index (χ1) is 11.5. The number of imidazole rings is 1. The Labute approximate surface area is 138 Å². The summed E-state index contributed by atoms with van der Waals surface area (Å²) in [5.41, 5.74) is 0.930. The molecule has 2 aromatic rings. The van der Waals surface area contributed by atoms with E-state index < -0.39 is 0 Å². The molecule has 0 bridgehead atoms. The van der Waals surface area contributed by atoms with Crippen molar-refractivity contribution in [3.8, 4) is 0 Å². The number of nitrogens with zero attached hydrogens (tertiary/aromatic N) is 6. The molecule has 8 nitrogen and oxygen atoms in total. The molecule has 126 valence electrons. The Morgan fingerprint density at radius 1 is 1.29 bits per heavy atom. The third kappa shape index (κ3) is 2.31. The van der Waals surface area contributed by atoms with Gasteiger partial charge < -0.3 is 0 Å². The number of rotatable bonds is 4. The molecule has 0 spiro atoms. The summed E-state index contributed by atoms with van der Waals surface area (Å²) < 4.78 is 4.44. The van der Waals surface area contributed by atoms with Crippen LogP contribution in [-0.2, 0) is 20.1 Å². The molecule has 3 heterocycles. The Kier molecular flexibility index (Phi) is 3.96. The lowest BCUT2D eigenvalue weighted by atomic mass is 10.3. The Bertz CT molecular complexity index is 989. The average Bonchev–Trinajstić information content (AvgIpc) is 2.93. The van der Waals surface area contributed by atoms with Crippen LogP contribution in [0.5, 0.6) is 0 Å². The van der Waals surface area contributed by atoms with E-state index in [0.717, 1.165) is 5.71 Å². The maximum atomic E-state index is 12.9. The molecule has 3 rings (SSSR count). The molecule has 0 saturated carbocycles. The van der Waals surface area contributed by atoms with Crippen LogP contribution in [0.25, 0.3) is 11.2 Å². The van der Waals surface area contributed by atoms with E-state index in [1.165, 1.54) is 9.13 Å². The molecule has 0 radical (unpaired) electrons. The standard InChI is InChI=1S/C16H20N6O2/c1-5-7-9-20-14(23)12-13(19(4)16(20)24)17-15-21(12)10-11(3)18-22(15)8-6-2/h5-7H,2,8-10H2,1,3-4H3/b7-5+. The second-order valence-electron chi connectivity index (χ2n) is 5.70. The Hall–Kier alpha value is -2.90. The smallest absolute Gasteiger partial charge is 0.297 e. The average molecular weight is 328 g/mol. The van der Waals surface area contributed by atoms with Crippen molar-refractivity contribution in [1.29, 1.82) is 0 Å². The molecule has 0 amide bonds. The number of aromatic nitrogens is 4. The van der Waals surface area contributed by atoms with Crippen LogP contribution in [0.3, 0.4) is 0 Å². The number of aryl methyl sites for hydroxylation is 1. The van der Waals surface area contributed by atoms with Crippen LogP contribution in [-0.4, -0.2) is 30.9 Å². The van der Waals surface area contributed by atoms with E-state index in [2.05, 4.69) is 16.7 Å². The van der Waals surface area contributed by atoms with Gasteiger partial charge in [0, 0.05) is 13.6 Å². The first-order valence-electron chi connectivity index (χ1n) is 7.73. The summed E-state index contributed by atoms with van der Waals surface area (Å²) in [6.07, 6.45) is 5.30. The summed E-state index contributed by atoms with van der Waals surface area (Å²) >= 11 is 0. The summed E-state index contributed by atoms with van der Waals surface area (Å²) in [7, 11) is 1.63. The van der Waals surface area contributed by atoms with Gasteiger partial charge >= 0.3 is 5.69 Å². The van der Waals surface area contributed by atoms with Crippen LogP contribution >= 0.6 is 0 Å². The fourth-order valence-electron chi connectivity index (χ4n) is 2.83. The zero-order valence-electron chi connectivity index (χ0n) is 14.1. The SMILES string of the molecule is C=CCN1N=C(C)Cn2c1nc1c2c(=O)n(C/C=C/C)c(=O)n1C. The second-order valence-corrected chi connectivity index (χ2v) is 5.70. The van der Waals surface area contributed by atoms with E-state index in [0.29, 0.717) is 30.2 Å². The van der Waals surface area contributed by atoms with Crippen molar-refractivity contribution in [3.63, 3.8) is 0 Å². The van der Waals surface area contributed by atoms with Crippen molar-refractivity contribution >= 4 is 22.8 Å². The monoisotopic (exact) mass is 328 g/mol. The zero-order valence-corrected chi connectivity index (χ0v) is 14.1. The van der Waals surface area contributed by atoms with Gasteiger partial charge in [0.1, 0.15) is 0 Å². The van der Waals surface area contributed by atoms with Crippen LogP contribution in [0.2, 0.25) is 0 Å². The summed E-state index contributed by atoms with van der Waals surface area (Å²) in [4.78, 5) is 29.9. The number of allylic oxidation sites excluding steroid dienone is 2. The van der Waals surface area contributed by atoms with Crippen LogP contribution in [0.1, 0.15) is 13.8 Å². The molecule has 2 aromatic heterocycles. The third-order valence-corrected chi connectivity index (χ3v) is 3.95. The third-order valence-electron chi connectivity index (χ3n) is 3.95. The number of anilines is 1. The lowest BCUT2D eigenvalue weighted by molar-refractivity contribution is 0.663. The van der Waals surface area contributed by atoms with Crippen molar-refractivity contribution in [2.75, 3.05) is 11.6 Å². The molecule has 24 heavy (non-hydrogen) atoms. The molecule has 0 fully saturated rings. The highest BCUT2D eigenvalue weighted by atomic mass is 16.2. The first-order valence-corrected chi connectivity index (χ1v) is 7.73. The van der Waals surface area contributed by atoms with Gasteiger partial charge in [-0.15, -0.1) is 6.58 Å². The minimum absolute atomic E-state index is 0.238.